The van der Waals surface area contributed by atoms with Gasteiger partial charge < -0.3 is 4.84 Å². The maximum absolute atomic E-state index is 13.8. The average Bonchev–Trinajstić information content (AvgIpc) is 2.84. The van der Waals surface area contributed by atoms with Crippen molar-refractivity contribution in [2.75, 3.05) is 7.05 Å². The summed E-state index contributed by atoms with van der Waals surface area (Å²) >= 11 is 0. The van der Waals surface area contributed by atoms with E-state index in [0.29, 0.717) is 5.76 Å². The number of hydrogen-bond acceptors (Lipinski definition) is 2. The highest BCUT2D eigenvalue weighted by atomic mass is 19.1. The molecule has 0 N–H and O–H groups in total. The largest absolute Gasteiger partial charge is 0.405 e. The van der Waals surface area contributed by atoms with Crippen LogP contribution in [0, 0.1) is 11.6 Å². The Morgan fingerprint density at radius 1 is 1.05 bits per heavy atom. The molecule has 1 aliphatic rings. The first kappa shape index (κ1) is 12.8. The van der Waals surface area contributed by atoms with Gasteiger partial charge in [0, 0.05) is 7.05 Å². The Kier molecular flexibility index (Phi) is 3.24. The van der Waals surface area contributed by atoms with Crippen LogP contribution >= 0.6 is 0 Å². The Balaban J connectivity index is 1.98. The molecule has 0 spiro atoms. The van der Waals surface area contributed by atoms with Crippen molar-refractivity contribution in [2.24, 2.45) is 0 Å². The van der Waals surface area contributed by atoms with Gasteiger partial charge >= 0.3 is 0 Å². The van der Waals surface area contributed by atoms with E-state index >= 15 is 0 Å². The van der Waals surface area contributed by atoms with Crippen molar-refractivity contribution in [1.29, 1.82) is 0 Å². The van der Waals surface area contributed by atoms with Crippen LogP contribution in [0.15, 0.2) is 54.6 Å². The molecule has 102 valence electrons. The van der Waals surface area contributed by atoms with Crippen molar-refractivity contribution >= 4 is 5.76 Å². The standard InChI is InChI=1S/C16H13F2NO/c1-19-15(11-5-3-2-4-6-11)10-16(20-19)13-9-12(17)7-8-14(13)18/h2-10,15H,1H3. The van der Waals surface area contributed by atoms with Crippen LogP contribution in [0.2, 0.25) is 0 Å². The van der Waals surface area contributed by atoms with Crippen molar-refractivity contribution in [1.82, 2.24) is 5.06 Å². The maximum Gasteiger partial charge on any atom is 0.155 e. The molecule has 4 heteroatoms. The molecule has 1 aliphatic heterocycles. The molecule has 0 radical (unpaired) electrons. The van der Waals surface area contributed by atoms with Gasteiger partial charge in [-0.05, 0) is 29.8 Å². The lowest BCUT2D eigenvalue weighted by molar-refractivity contribution is -0.0665. The predicted octanol–water partition coefficient (Wildman–Crippen LogP) is 3.92. The van der Waals surface area contributed by atoms with Crippen molar-refractivity contribution in [3.63, 3.8) is 0 Å². The molecule has 1 heterocycles. The lowest BCUT2D eigenvalue weighted by Crippen LogP contribution is -2.17. The lowest BCUT2D eigenvalue weighted by atomic mass is 10.0. The number of hydroxylamine groups is 2. The van der Waals surface area contributed by atoms with E-state index in [9.17, 15) is 8.78 Å². The molecule has 0 fully saturated rings. The second-order valence-corrected chi connectivity index (χ2v) is 4.65. The van der Waals surface area contributed by atoms with Gasteiger partial charge in [-0.3, -0.25) is 0 Å². The first-order valence-electron chi connectivity index (χ1n) is 6.28. The van der Waals surface area contributed by atoms with Crippen molar-refractivity contribution < 1.29 is 13.6 Å². The summed E-state index contributed by atoms with van der Waals surface area (Å²) in [6.07, 6.45) is 1.78. The molecule has 2 aromatic rings. The van der Waals surface area contributed by atoms with Gasteiger partial charge in [-0.2, -0.15) is 0 Å². The molecule has 0 bridgehead atoms. The molecule has 2 nitrogen and oxygen atoms in total. The van der Waals surface area contributed by atoms with E-state index in [1.54, 1.807) is 18.2 Å². The Morgan fingerprint density at radius 2 is 1.80 bits per heavy atom. The fourth-order valence-corrected chi connectivity index (χ4v) is 2.27. The number of nitrogens with zero attached hydrogens (tertiary/aromatic N) is 1. The van der Waals surface area contributed by atoms with E-state index in [1.807, 2.05) is 30.3 Å². The number of halogens is 2. The highest BCUT2D eigenvalue weighted by Gasteiger charge is 2.27. The maximum atomic E-state index is 13.8. The second kappa shape index (κ2) is 5.06. The quantitative estimate of drug-likeness (QED) is 0.822. The van der Waals surface area contributed by atoms with Crippen molar-refractivity contribution in [3.8, 4) is 0 Å². The minimum absolute atomic E-state index is 0.117. The van der Waals surface area contributed by atoms with Gasteiger partial charge in [0.15, 0.2) is 5.76 Å². The minimum atomic E-state index is -0.500. The molecule has 3 rings (SSSR count). The summed E-state index contributed by atoms with van der Waals surface area (Å²) in [5.74, 6) is -0.658. The monoisotopic (exact) mass is 273 g/mol. The summed E-state index contributed by atoms with van der Waals surface area (Å²) in [6.45, 7) is 0. The van der Waals surface area contributed by atoms with Crippen LogP contribution in [0.25, 0.3) is 5.76 Å². The first-order chi connectivity index (χ1) is 9.65. The molecule has 20 heavy (non-hydrogen) atoms. The van der Waals surface area contributed by atoms with Crippen LogP contribution in [0.4, 0.5) is 8.78 Å². The molecule has 0 saturated carbocycles. The Morgan fingerprint density at radius 3 is 2.55 bits per heavy atom. The van der Waals surface area contributed by atoms with E-state index < -0.39 is 11.6 Å². The second-order valence-electron chi connectivity index (χ2n) is 4.65. The average molecular weight is 273 g/mol. The molecular weight excluding hydrogens is 260 g/mol. The zero-order valence-electron chi connectivity index (χ0n) is 10.9. The van der Waals surface area contributed by atoms with E-state index in [1.165, 1.54) is 0 Å². The van der Waals surface area contributed by atoms with Crippen LogP contribution in [-0.4, -0.2) is 12.1 Å². The third-order valence-corrected chi connectivity index (χ3v) is 3.28. The van der Waals surface area contributed by atoms with Crippen LogP contribution in [0.1, 0.15) is 17.2 Å². The van der Waals surface area contributed by atoms with Crippen LogP contribution < -0.4 is 0 Å². The summed E-state index contributed by atoms with van der Waals surface area (Å²) in [5, 5.41) is 1.62. The van der Waals surface area contributed by atoms with E-state index in [0.717, 1.165) is 23.8 Å². The van der Waals surface area contributed by atoms with Crippen molar-refractivity contribution in [3.05, 3.63) is 77.4 Å². The summed E-state index contributed by atoms with van der Waals surface area (Å²) in [5.41, 5.74) is 1.16. The van der Waals surface area contributed by atoms with Gasteiger partial charge in [-0.1, -0.05) is 30.3 Å². The number of benzene rings is 2. The molecule has 0 aromatic heterocycles. The third kappa shape index (κ3) is 2.30. The van der Waals surface area contributed by atoms with Gasteiger partial charge in [0.2, 0.25) is 0 Å². The van der Waals surface area contributed by atoms with Crippen molar-refractivity contribution in [2.45, 2.75) is 6.04 Å². The third-order valence-electron chi connectivity index (χ3n) is 3.28. The number of rotatable bonds is 2. The molecule has 1 atom stereocenters. The molecule has 0 aliphatic carbocycles. The molecular formula is C16H13F2NO. The highest BCUT2D eigenvalue weighted by molar-refractivity contribution is 5.62. The van der Waals surface area contributed by atoms with Gasteiger partial charge in [0.1, 0.15) is 11.6 Å². The summed E-state index contributed by atoms with van der Waals surface area (Å²) in [4.78, 5) is 5.54. The number of likely N-dealkylation sites (N-methyl/N-ethyl adjacent to an activating group) is 1. The first-order valence-corrected chi connectivity index (χ1v) is 6.28. The predicted molar refractivity (Wildman–Crippen MR) is 72.4 cm³/mol. The lowest BCUT2D eigenvalue weighted by Gasteiger charge is -2.18. The normalized spacial score (nSPS) is 18.8. The fourth-order valence-electron chi connectivity index (χ4n) is 2.27. The highest BCUT2D eigenvalue weighted by Crippen LogP contribution is 2.35. The smallest absolute Gasteiger partial charge is 0.155 e. The van der Waals surface area contributed by atoms with Crippen LogP contribution in [0.5, 0.6) is 0 Å². The zero-order chi connectivity index (χ0) is 14.1. The van der Waals surface area contributed by atoms with Gasteiger partial charge in [-0.15, -0.1) is 5.06 Å². The van der Waals surface area contributed by atoms with Gasteiger partial charge in [0.05, 0.1) is 11.6 Å². The van der Waals surface area contributed by atoms with Crippen LogP contribution in [0.3, 0.4) is 0 Å². The SMILES string of the molecule is CN1OC(c2cc(F)ccc2F)=CC1c1ccccc1. The summed E-state index contributed by atoms with van der Waals surface area (Å²) in [7, 11) is 1.76. The molecule has 1 unspecified atom stereocenters. The molecule has 0 saturated heterocycles. The fraction of sp³-hybridized carbons (Fsp3) is 0.125. The number of hydrogen-bond donors (Lipinski definition) is 0. The Bertz CT molecular complexity index is 655. The van der Waals surface area contributed by atoms with E-state index in [4.69, 9.17) is 4.84 Å². The molecule has 2 aromatic carbocycles. The topological polar surface area (TPSA) is 12.5 Å². The van der Waals surface area contributed by atoms with E-state index in [-0.39, 0.29) is 11.6 Å². The Hall–Kier alpha value is -2.20. The Labute approximate surface area is 115 Å². The van der Waals surface area contributed by atoms with Gasteiger partial charge in [-0.25, -0.2) is 8.78 Å². The van der Waals surface area contributed by atoms with Crippen LogP contribution in [-0.2, 0) is 4.84 Å². The van der Waals surface area contributed by atoms with Gasteiger partial charge in [0.25, 0.3) is 0 Å². The van der Waals surface area contributed by atoms with E-state index in [2.05, 4.69) is 0 Å². The summed E-state index contributed by atoms with van der Waals surface area (Å²) < 4.78 is 27.0. The minimum Gasteiger partial charge on any atom is -0.405 e. The molecule has 0 amide bonds. The zero-order valence-corrected chi connectivity index (χ0v) is 10.9. The summed E-state index contributed by atoms with van der Waals surface area (Å²) in [6, 6.07) is 12.9.